The van der Waals surface area contributed by atoms with E-state index in [0.29, 0.717) is 37.0 Å². The van der Waals surface area contributed by atoms with Gasteiger partial charge in [0.25, 0.3) is 11.5 Å². The zero-order valence-corrected chi connectivity index (χ0v) is 18.4. The minimum atomic E-state index is -0.509. The fraction of sp³-hybridized carbons (Fsp3) is 0.478. The number of nitrogens with one attached hydrogen (secondary N) is 1. The highest BCUT2D eigenvalue weighted by Gasteiger charge is 2.23. The molecule has 1 amide bonds. The number of anilines is 1. The molecule has 2 aromatic rings. The lowest BCUT2D eigenvalue weighted by Gasteiger charge is -2.32. The summed E-state index contributed by atoms with van der Waals surface area (Å²) in [4.78, 5) is 32.8. The number of carbonyl (C=O) groups excluding carboxylic acids is 1. The van der Waals surface area contributed by atoms with Crippen LogP contribution in [-0.2, 0) is 9.53 Å². The fourth-order valence-corrected chi connectivity index (χ4v) is 3.69. The number of hydrogen-bond donors (Lipinski definition) is 1. The molecule has 1 fully saturated rings. The van der Waals surface area contributed by atoms with Crippen LogP contribution in [0.15, 0.2) is 28.7 Å². The Balaban J connectivity index is 2.06. The van der Waals surface area contributed by atoms with Gasteiger partial charge in [-0.3, -0.25) is 14.0 Å². The van der Waals surface area contributed by atoms with Gasteiger partial charge >= 0.3 is 0 Å². The van der Waals surface area contributed by atoms with E-state index in [-0.39, 0.29) is 16.7 Å². The van der Waals surface area contributed by atoms with Crippen molar-refractivity contribution in [3.63, 3.8) is 0 Å². The maximum absolute atomic E-state index is 13.4. The lowest BCUT2D eigenvalue weighted by molar-refractivity contribution is -0.117. The second kappa shape index (κ2) is 10.2. The zero-order chi connectivity index (χ0) is 22.4. The third-order valence-corrected chi connectivity index (χ3v) is 5.61. The molecule has 2 aromatic heterocycles. The summed E-state index contributed by atoms with van der Waals surface area (Å²) in [5.41, 5.74) is 1.33. The molecule has 0 radical (unpaired) electrons. The Hall–Kier alpha value is -3.18. The molecule has 1 saturated heterocycles. The zero-order valence-electron chi connectivity index (χ0n) is 18.4. The van der Waals surface area contributed by atoms with Crippen molar-refractivity contribution in [3.05, 3.63) is 45.4 Å². The summed E-state index contributed by atoms with van der Waals surface area (Å²) in [6, 6.07) is 5.64. The molecule has 31 heavy (non-hydrogen) atoms. The minimum Gasteiger partial charge on any atom is -0.385 e. The first-order valence-corrected chi connectivity index (χ1v) is 10.6. The molecule has 3 heterocycles. The van der Waals surface area contributed by atoms with E-state index in [9.17, 15) is 14.9 Å². The molecular formula is C23H29N5O3. The van der Waals surface area contributed by atoms with Gasteiger partial charge in [-0.25, -0.2) is 4.98 Å². The van der Waals surface area contributed by atoms with Gasteiger partial charge < -0.3 is 15.0 Å². The van der Waals surface area contributed by atoms with Crippen molar-refractivity contribution in [3.8, 4) is 6.07 Å². The van der Waals surface area contributed by atoms with Gasteiger partial charge in [-0.1, -0.05) is 13.0 Å². The molecule has 0 bridgehead atoms. The minimum absolute atomic E-state index is 0.115. The molecular weight excluding hydrogens is 394 g/mol. The second-order valence-corrected chi connectivity index (χ2v) is 7.98. The van der Waals surface area contributed by atoms with Crippen molar-refractivity contribution in [1.29, 1.82) is 5.26 Å². The lowest BCUT2D eigenvalue weighted by atomic mass is 9.99. The predicted octanol–water partition coefficient (Wildman–Crippen LogP) is 2.30. The SMILES string of the molecule is COCCCNC(=O)/C(C#N)=C\c1c(N2CCC(C)CC2)nc2c(C)cccn2c1=O. The molecule has 0 aliphatic carbocycles. The predicted molar refractivity (Wildman–Crippen MR) is 120 cm³/mol. The Morgan fingerprint density at radius 1 is 1.42 bits per heavy atom. The van der Waals surface area contributed by atoms with Gasteiger partial charge in [0.15, 0.2) is 0 Å². The topological polar surface area (TPSA) is 99.7 Å². The third kappa shape index (κ3) is 5.12. The normalized spacial score (nSPS) is 15.2. The Labute approximate surface area is 182 Å². The average molecular weight is 424 g/mol. The van der Waals surface area contributed by atoms with Crippen LogP contribution in [0, 0.1) is 24.2 Å². The van der Waals surface area contributed by atoms with Crippen molar-refractivity contribution in [1.82, 2.24) is 14.7 Å². The highest BCUT2D eigenvalue weighted by atomic mass is 16.5. The number of hydrogen-bond acceptors (Lipinski definition) is 6. The first-order valence-electron chi connectivity index (χ1n) is 10.6. The van der Waals surface area contributed by atoms with Gasteiger partial charge in [0.2, 0.25) is 0 Å². The fourth-order valence-electron chi connectivity index (χ4n) is 3.69. The van der Waals surface area contributed by atoms with E-state index < -0.39 is 5.91 Å². The number of pyridine rings is 1. The van der Waals surface area contributed by atoms with Crippen LogP contribution in [0.4, 0.5) is 5.82 Å². The van der Waals surface area contributed by atoms with Crippen molar-refractivity contribution in [2.24, 2.45) is 5.92 Å². The summed E-state index contributed by atoms with van der Waals surface area (Å²) in [5.74, 6) is 0.641. The summed E-state index contributed by atoms with van der Waals surface area (Å²) >= 11 is 0. The summed E-state index contributed by atoms with van der Waals surface area (Å²) in [6.45, 7) is 6.58. The molecule has 1 aliphatic rings. The molecule has 8 nitrogen and oxygen atoms in total. The summed E-state index contributed by atoms with van der Waals surface area (Å²) in [7, 11) is 1.59. The van der Waals surface area contributed by atoms with E-state index >= 15 is 0 Å². The van der Waals surface area contributed by atoms with Gasteiger partial charge in [-0.05, 0) is 49.8 Å². The standard InChI is InChI=1S/C23H29N5O3/c1-16-7-11-27(12-8-16)21-19(14-18(15-24)22(29)25-9-5-13-31-3)23(30)28-10-4-6-17(2)20(28)26-21/h4,6,10,14,16H,5,7-9,11-13H2,1-3H3,(H,25,29)/b18-14-. The smallest absolute Gasteiger partial charge is 0.267 e. The van der Waals surface area contributed by atoms with Crippen LogP contribution in [0.2, 0.25) is 0 Å². The first-order chi connectivity index (χ1) is 15.0. The number of methoxy groups -OCH3 is 1. The molecule has 0 spiro atoms. The van der Waals surface area contributed by atoms with Crippen molar-refractivity contribution >= 4 is 23.4 Å². The maximum atomic E-state index is 13.4. The number of carbonyl (C=O) groups is 1. The number of fused-ring (bicyclic) bond motifs is 1. The molecule has 3 rings (SSSR count). The van der Waals surface area contributed by atoms with Crippen molar-refractivity contribution in [2.45, 2.75) is 33.1 Å². The van der Waals surface area contributed by atoms with Crippen LogP contribution in [0.5, 0.6) is 0 Å². The monoisotopic (exact) mass is 423 g/mol. The molecule has 0 atom stereocenters. The van der Waals surface area contributed by atoms with Crippen molar-refractivity contribution in [2.75, 3.05) is 38.3 Å². The van der Waals surface area contributed by atoms with Gasteiger partial charge in [0.05, 0.1) is 5.56 Å². The average Bonchev–Trinajstić information content (AvgIpc) is 2.77. The largest absolute Gasteiger partial charge is 0.385 e. The van der Waals surface area contributed by atoms with Crippen LogP contribution >= 0.6 is 0 Å². The number of aryl methyl sites for hydroxylation is 1. The number of rotatable bonds is 7. The van der Waals surface area contributed by atoms with E-state index in [1.54, 1.807) is 19.4 Å². The van der Waals surface area contributed by atoms with E-state index in [1.807, 2.05) is 19.1 Å². The van der Waals surface area contributed by atoms with Gasteiger partial charge in [0.1, 0.15) is 23.1 Å². The number of amides is 1. The first kappa shape index (κ1) is 22.5. The molecule has 1 N–H and O–H groups in total. The molecule has 164 valence electrons. The molecule has 0 aromatic carbocycles. The van der Waals surface area contributed by atoms with E-state index in [1.165, 1.54) is 10.5 Å². The number of piperidine rings is 1. The van der Waals surface area contributed by atoms with Gasteiger partial charge in [0, 0.05) is 39.5 Å². The highest BCUT2D eigenvalue weighted by molar-refractivity contribution is 6.02. The van der Waals surface area contributed by atoms with E-state index in [0.717, 1.165) is 31.5 Å². The van der Waals surface area contributed by atoms with Crippen molar-refractivity contribution < 1.29 is 9.53 Å². The Bertz CT molecular complexity index is 1080. The van der Waals surface area contributed by atoms with Crippen LogP contribution in [0.3, 0.4) is 0 Å². The second-order valence-electron chi connectivity index (χ2n) is 7.98. The molecule has 0 saturated carbocycles. The molecule has 0 unspecified atom stereocenters. The van der Waals surface area contributed by atoms with Crippen LogP contribution in [-0.4, -0.2) is 48.6 Å². The maximum Gasteiger partial charge on any atom is 0.267 e. The number of ether oxygens (including phenoxy) is 1. The third-order valence-electron chi connectivity index (χ3n) is 5.61. The summed E-state index contributed by atoms with van der Waals surface area (Å²) in [5, 5.41) is 12.3. The van der Waals surface area contributed by atoms with Crippen LogP contribution < -0.4 is 15.8 Å². The number of nitriles is 1. The Morgan fingerprint density at radius 3 is 2.84 bits per heavy atom. The summed E-state index contributed by atoms with van der Waals surface area (Å²) in [6.07, 6.45) is 5.68. The summed E-state index contributed by atoms with van der Waals surface area (Å²) < 4.78 is 6.45. The van der Waals surface area contributed by atoms with Gasteiger partial charge in [-0.15, -0.1) is 0 Å². The number of nitrogens with zero attached hydrogens (tertiary/aromatic N) is 4. The Morgan fingerprint density at radius 2 is 2.16 bits per heavy atom. The highest BCUT2D eigenvalue weighted by Crippen LogP contribution is 2.25. The van der Waals surface area contributed by atoms with E-state index in [2.05, 4.69) is 17.1 Å². The van der Waals surface area contributed by atoms with Crippen LogP contribution in [0.1, 0.15) is 37.3 Å². The number of aromatic nitrogens is 2. The quantitative estimate of drug-likeness (QED) is 0.417. The van der Waals surface area contributed by atoms with Gasteiger partial charge in [-0.2, -0.15) is 5.26 Å². The lowest BCUT2D eigenvalue weighted by Crippen LogP contribution is -2.36. The van der Waals surface area contributed by atoms with E-state index in [4.69, 9.17) is 9.72 Å². The molecule has 1 aliphatic heterocycles. The van der Waals surface area contributed by atoms with Crippen LogP contribution in [0.25, 0.3) is 11.7 Å². The Kier molecular flexibility index (Phi) is 7.42. The molecule has 8 heteroatoms.